The molecule has 0 radical (unpaired) electrons. The molecule has 0 N–H and O–H groups in total. The topological polar surface area (TPSA) is 81.9 Å². The molecule has 27 heavy (non-hydrogen) atoms. The molecule has 3 aromatic rings. The van der Waals surface area contributed by atoms with E-state index in [0.717, 1.165) is 17.9 Å². The molecule has 2 aromatic heterocycles. The lowest BCUT2D eigenvalue weighted by atomic mass is 10.2. The highest BCUT2D eigenvalue weighted by Gasteiger charge is 2.40. The van der Waals surface area contributed by atoms with Crippen LogP contribution in [0.2, 0.25) is 0 Å². The molecule has 0 spiro atoms. The number of carbonyl (C=O) groups is 1. The number of rotatable bonds is 5. The maximum Gasteiger partial charge on any atom is 0.455 e. The van der Waals surface area contributed by atoms with Crippen LogP contribution in [0.25, 0.3) is 10.6 Å². The third kappa shape index (κ3) is 4.42. The lowest BCUT2D eigenvalue weighted by molar-refractivity contribution is -0.0882. The molecular weight excluding hydrogens is 403 g/mol. The van der Waals surface area contributed by atoms with Crippen molar-refractivity contribution in [1.82, 2.24) is 15.0 Å². The van der Waals surface area contributed by atoms with Gasteiger partial charge >= 0.3 is 6.18 Å². The second-order valence-corrected chi connectivity index (χ2v) is 8.81. The quantitative estimate of drug-likeness (QED) is 0.598. The van der Waals surface area contributed by atoms with Gasteiger partial charge in [0, 0.05) is 6.26 Å². The summed E-state index contributed by atoms with van der Waals surface area (Å²) in [4.78, 5) is 11.4. The Balaban J connectivity index is 1.76. The number of carbonyl (C=O) groups excluding carboxylic acids is 1. The first kappa shape index (κ1) is 19.2. The zero-order valence-electron chi connectivity index (χ0n) is 13.8. The van der Waals surface area contributed by atoms with Gasteiger partial charge in [-0.05, 0) is 29.8 Å². The van der Waals surface area contributed by atoms with Crippen molar-refractivity contribution in [2.45, 2.75) is 17.6 Å². The van der Waals surface area contributed by atoms with Crippen LogP contribution in [-0.2, 0) is 16.4 Å². The third-order valence-corrected chi connectivity index (χ3v) is 5.81. The van der Waals surface area contributed by atoms with E-state index in [4.69, 9.17) is 0 Å². The van der Waals surface area contributed by atoms with Crippen molar-refractivity contribution in [3.05, 3.63) is 53.0 Å². The molecule has 0 saturated carbocycles. The highest BCUT2D eigenvalue weighted by atomic mass is 32.2. The molecule has 0 saturated heterocycles. The first-order chi connectivity index (χ1) is 12.5. The molecule has 0 aliphatic heterocycles. The minimum Gasteiger partial charge on any atom is -0.283 e. The van der Waals surface area contributed by atoms with E-state index in [1.165, 1.54) is 29.1 Å². The van der Waals surface area contributed by atoms with Crippen molar-refractivity contribution in [1.29, 1.82) is 0 Å². The standard InChI is InChI=1S/C16H12F3N3O3S2/c1-27(24,25)11-4-2-10(3-5-11)8-22-9-12(20-21-22)13-6-7-14(26-13)15(23)16(17,18)19/h2-7,9H,8H2,1H3. The third-order valence-electron chi connectivity index (χ3n) is 3.57. The molecule has 3 rings (SSSR count). The van der Waals surface area contributed by atoms with Crippen LogP contribution in [0.1, 0.15) is 15.2 Å². The number of ketones is 1. The van der Waals surface area contributed by atoms with Crippen LogP contribution in [0.15, 0.2) is 47.5 Å². The van der Waals surface area contributed by atoms with Crippen LogP contribution in [0.4, 0.5) is 13.2 Å². The average molecular weight is 415 g/mol. The zero-order chi connectivity index (χ0) is 19.8. The van der Waals surface area contributed by atoms with Gasteiger partial charge in [-0.2, -0.15) is 13.2 Å². The van der Waals surface area contributed by atoms with Crippen molar-refractivity contribution in [3.63, 3.8) is 0 Å². The van der Waals surface area contributed by atoms with Crippen LogP contribution in [0.3, 0.4) is 0 Å². The summed E-state index contributed by atoms with van der Waals surface area (Å²) in [6.45, 7) is 0.302. The summed E-state index contributed by atoms with van der Waals surface area (Å²) in [5.74, 6) is -1.89. The van der Waals surface area contributed by atoms with E-state index >= 15 is 0 Å². The SMILES string of the molecule is CS(=O)(=O)c1ccc(Cn2cc(-c3ccc(C(=O)C(F)(F)F)s3)nn2)cc1. The fourth-order valence-corrected chi connectivity index (χ4v) is 3.80. The van der Waals surface area contributed by atoms with Crippen LogP contribution >= 0.6 is 11.3 Å². The maximum atomic E-state index is 12.5. The molecule has 11 heteroatoms. The molecule has 0 amide bonds. The normalized spacial score (nSPS) is 12.3. The minimum atomic E-state index is -4.92. The molecule has 0 bridgehead atoms. The molecule has 1 aromatic carbocycles. The predicted octanol–water partition coefficient (Wildman–Crippen LogP) is 3.20. The summed E-state index contributed by atoms with van der Waals surface area (Å²) in [6, 6.07) is 8.75. The molecule has 142 valence electrons. The van der Waals surface area contributed by atoms with Crippen molar-refractivity contribution < 1.29 is 26.4 Å². The number of thiophene rings is 1. The molecule has 0 fully saturated rings. The van der Waals surface area contributed by atoms with Crippen LogP contribution in [0, 0.1) is 0 Å². The Labute approximate surface area is 156 Å². The summed E-state index contributed by atoms with van der Waals surface area (Å²) in [5, 5.41) is 7.82. The Kier molecular flexibility index (Phi) is 4.91. The second-order valence-electron chi connectivity index (χ2n) is 5.71. The van der Waals surface area contributed by atoms with Crippen molar-refractivity contribution in [3.8, 4) is 10.6 Å². The highest BCUT2D eigenvalue weighted by Crippen LogP contribution is 2.31. The maximum absolute atomic E-state index is 12.5. The van der Waals surface area contributed by atoms with Crippen LogP contribution in [-0.4, -0.2) is 41.6 Å². The summed E-state index contributed by atoms with van der Waals surface area (Å²) >= 11 is 0.693. The Morgan fingerprint density at radius 3 is 2.41 bits per heavy atom. The number of hydrogen-bond donors (Lipinski definition) is 0. The Morgan fingerprint density at radius 1 is 1.15 bits per heavy atom. The number of sulfone groups is 1. The number of nitrogens with zero attached hydrogens (tertiary/aromatic N) is 3. The summed E-state index contributed by atoms with van der Waals surface area (Å²) in [6.07, 6.45) is -2.26. The van der Waals surface area contributed by atoms with E-state index in [1.54, 1.807) is 12.1 Å². The lowest BCUT2D eigenvalue weighted by Gasteiger charge is -2.02. The Hall–Kier alpha value is -2.53. The van der Waals surface area contributed by atoms with E-state index in [-0.39, 0.29) is 4.90 Å². The minimum absolute atomic E-state index is 0.200. The molecular formula is C16H12F3N3O3S2. The van der Waals surface area contributed by atoms with Crippen molar-refractivity contribution in [2.24, 2.45) is 0 Å². The highest BCUT2D eigenvalue weighted by molar-refractivity contribution is 7.90. The number of Topliss-reactive ketones (excluding diaryl/α,β-unsaturated/α-hetero) is 1. The molecule has 6 nitrogen and oxygen atoms in total. The number of hydrogen-bond acceptors (Lipinski definition) is 6. The van der Waals surface area contributed by atoms with Gasteiger partial charge in [-0.3, -0.25) is 4.79 Å². The molecule has 0 aliphatic rings. The number of halogens is 3. The molecule has 0 atom stereocenters. The summed E-state index contributed by atoms with van der Waals surface area (Å²) in [7, 11) is -3.28. The van der Waals surface area contributed by atoms with Crippen LogP contribution < -0.4 is 0 Å². The van der Waals surface area contributed by atoms with Gasteiger partial charge in [-0.15, -0.1) is 16.4 Å². The van der Waals surface area contributed by atoms with Gasteiger partial charge in [-0.25, -0.2) is 13.1 Å². The van der Waals surface area contributed by atoms with Gasteiger partial charge in [0.1, 0.15) is 5.69 Å². The van der Waals surface area contributed by atoms with E-state index in [0.29, 0.717) is 28.5 Å². The van der Waals surface area contributed by atoms with Crippen LogP contribution in [0.5, 0.6) is 0 Å². The van der Waals surface area contributed by atoms with Crippen molar-refractivity contribution >= 4 is 27.0 Å². The number of aromatic nitrogens is 3. The van der Waals surface area contributed by atoms with E-state index in [2.05, 4.69) is 10.3 Å². The number of alkyl halides is 3. The Morgan fingerprint density at radius 2 is 1.81 bits per heavy atom. The summed E-state index contributed by atoms with van der Waals surface area (Å²) < 4.78 is 61.8. The van der Waals surface area contributed by atoms with Gasteiger partial charge in [0.2, 0.25) is 0 Å². The van der Waals surface area contributed by atoms with Gasteiger partial charge in [0.05, 0.1) is 27.4 Å². The monoisotopic (exact) mass is 415 g/mol. The smallest absolute Gasteiger partial charge is 0.283 e. The average Bonchev–Trinajstić information content (AvgIpc) is 3.22. The second kappa shape index (κ2) is 6.89. The van der Waals surface area contributed by atoms with E-state index in [1.807, 2.05) is 0 Å². The lowest BCUT2D eigenvalue weighted by Crippen LogP contribution is -2.21. The first-order valence-electron chi connectivity index (χ1n) is 7.45. The van der Waals surface area contributed by atoms with E-state index in [9.17, 15) is 26.4 Å². The first-order valence-corrected chi connectivity index (χ1v) is 10.2. The predicted molar refractivity (Wildman–Crippen MR) is 92.4 cm³/mol. The molecule has 0 unspecified atom stereocenters. The molecule has 2 heterocycles. The fourth-order valence-electron chi connectivity index (χ4n) is 2.25. The van der Waals surface area contributed by atoms with Gasteiger partial charge in [0.15, 0.2) is 9.84 Å². The van der Waals surface area contributed by atoms with E-state index < -0.39 is 26.7 Å². The van der Waals surface area contributed by atoms with Gasteiger partial charge in [0.25, 0.3) is 5.78 Å². The number of benzene rings is 1. The van der Waals surface area contributed by atoms with Gasteiger partial charge in [-0.1, -0.05) is 17.3 Å². The van der Waals surface area contributed by atoms with Crippen molar-refractivity contribution in [2.75, 3.05) is 6.26 Å². The largest absolute Gasteiger partial charge is 0.455 e. The molecule has 0 aliphatic carbocycles. The van der Waals surface area contributed by atoms with Gasteiger partial charge < -0.3 is 0 Å². The summed E-state index contributed by atoms with van der Waals surface area (Å²) in [5.41, 5.74) is 1.12. The zero-order valence-corrected chi connectivity index (χ0v) is 15.4. The Bertz CT molecular complexity index is 1080. The fraction of sp³-hybridized carbons (Fsp3) is 0.188.